The largest absolute Gasteiger partial charge is 0.465 e. The van der Waals surface area contributed by atoms with Crippen molar-refractivity contribution in [2.45, 2.75) is 0 Å². The fourth-order valence-electron chi connectivity index (χ4n) is 3.11. The quantitative estimate of drug-likeness (QED) is 0.407. The zero-order valence-electron chi connectivity index (χ0n) is 14.8. The molecule has 0 unspecified atom stereocenters. The van der Waals surface area contributed by atoms with Crippen LogP contribution in [0.3, 0.4) is 0 Å². The molecule has 0 fully saturated rings. The molecule has 3 heteroatoms. The summed E-state index contributed by atoms with van der Waals surface area (Å²) in [6, 6.07) is 23.4. The van der Waals surface area contributed by atoms with Gasteiger partial charge in [0.25, 0.3) is 0 Å². The number of carbonyl (C=O) groups is 1. The molecule has 1 heterocycles. The number of rotatable bonds is 2. The lowest BCUT2D eigenvalue weighted by Gasteiger charge is -2.11. The first-order valence-corrected chi connectivity index (χ1v) is 8.62. The molecule has 27 heavy (non-hydrogen) atoms. The van der Waals surface area contributed by atoms with E-state index in [1.165, 1.54) is 7.11 Å². The summed E-state index contributed by atoms with van der Waals surface area (Å²) in [5.41, 5.74) is 4.92. The summed E-state index contributed by atoms with van der Waals surface area (Å²) in [5.74, 6) is 6.02. The van der Waals surface area contributed by atoms with Gasteiger partial charge in [-0.3, -0.25) is 0 Å². The summed E-state index contributed by atoms with van der Waals surface area (Å²) in [6.07, 6.45) is 1.90. The van der Waals surface area contributed by atoms with E-state index in [-0.39, 0.29) is 5.97 Å². The van der Waals surface area contributed by atoms with Crippen LogP contribution in [0.1, 0.15) is 21.5 Å². The molecule has 0 aliphatic carbocycles. The summed E-state index contributed by atoms with van der Waals surface area (Å²) >= 11 is 0. The predicted octanol–water partition coefficient (Wildman–Crippen LogP) is 5.02. The number of hydrogen-bond acceptors (Lipinski definition) is 2. The first kappa shape index (κ1) is 16.7. The van der Waals surface area contributed by atoms with Crippen LogP contribution in [0.5, 0.6) is 0 Å². The number of aromatic nitrogens is 1. The Morgan fingerprint density at radius 1 is 0.926 bits per heavy atom. The zero-order valence-corrected chi connectivity index (χ0v) is 14.8. The predicted molar refractivity (Wildman–Crippen MR) is 107 cm³/mol. The van der Waals surface area contributed by atoms with Gasteiger partial charge >= 0.3 is 5.97 Å². The Kier molecular flexibility index (Phi) is 4.47. The Morgan fingerprint density at radius 2 is 1.78 bits per heavy atom. The molecule has 0 atom stereocenters. The smallest absolute Gasteiger partial charge is 0.338 e. The van der Waals surface area contributed by atoms with E-state index in [0.717, 1.165) is 33.2 Å². The van der Waals surface area contributed by atoms with Crippen molar-refractivity contribution in [3.05, 3.63) is 95.7 Å². The first-order valence-electron chi connectivity index (χ1n) is 8.62. The molecule has 4 rings (SSSR count). The first-order chi connectivity index (χ1) is 13.3. The number of aromatic amines is 1. The molecule has 0 amide bonds. The molecule has 1 aromatic heterocycles. The lowest BCUT2D eigenvalue weighted by molar-refractivity contribution is 0.0601. The van der Waals surface area contributed by atoms with Crippen molar-refractivity contribution in [3.63, 3.8) is 0 Å². The Balaban J connectivity index is 1.91. The molecule has 0 aliphatic rings. The van der Waals surface area contributed by atoms with Crippen LogP contribution in [-0.2, 0) is 4.74 Å². The molecule has 0 bridgehead atoms. The summed E-state index contributed by atoms with van der Waals surface area (Å²) in [5, 5.41) is 1.12. The van der Waals surface area contributed by atoms with E-state index < -0.39 is 0 Å². The van der Waals surface area contributed by atoms with Crippen molar-refractivity contribution in [2.24, 2.45) is 0 Å². The SMILES string of the molecule is COC(=O)c1cccc(C#Cc2ccccc2)c1-c1ccc2cc[nH]c2c1. The molecular formula is C24H17NO2. The fraction of sp³-hybridized carbons (Fsp3) is 0.0417. The van der Waals surface area contributed by atoms with E-state index in [1.54, 1.807) is 6.07 Å². The van der Waals surface area contributed by atoms with Crippen LogP contribution < -0.4 is 0 Å². The summed E-state index contributed by atoms with van der Waals surface area (Å²) < 4.78 is 4.99. The highest BCUT2D eigenvalue weighted by Gasteiger charge is 2.16. The van der Waals surface area contributed by atoms with Gasteiger partial charge in [-0.05, 0) is 47.3 Å². The number of esters is 1. The van der Waals surface area contributed by atoms with Gasteiger partial charge in [0.15, 0.2) is 0 Å². The van der Waals surface area contributed by atoms with E-state index in [0.29, 0.717) is 5.56 Å². The van der Waals surface area contributed by atoms with Crippen molar-refractivity contribution in [2.75, 3.05) is 7.11 Å². The Morgan fingerprint density at radius 3 is 2.59 bits per heavy atom. The molecule has 0 saturated carbocycles. The van der Waals surface area contributed by atoms with Gasteiger partial charge in [-0.15, -0.1) is 0 Å². The average molecular weight is 351 g/mol. The number of fused-ring (bicyclic) bond motifs is 1. The van der Waals surface area contributed by atoms with Gasteiger partial charge in [0.1, 0.15) is 0 Å². The number of methoxy groups -OCH3 is 1. The fourth-order valence-corrected chi connectivity index (χ4v) is 3.11. The highest BCUT2D eigenvalue weighted by molar-refractivity contribution is 6.00. The minimum Gasteiger partial charge on any atom is -0.465 e. The third-order valence-corrected chi connectivity index (χ3v) is 4.43. The molecule has 130 valence electrons. The van der Waals surface area contributed by atoms with E-state index in [4.69, 9.17) is 4.74 Å². The second-order valence-electron chi connectivity index (χ2n) is 6.12. The minimum absolute atomic E-state index is 0.375. The summed E-state index contributed by atoms with van der Waals surface area (Å²) in [4.78, 5) is 15.6. The van der Waals surface area contributed by atoms with Gasteiger partial charge in [0.05, 0.1) is 12.7 Å². The lowest BCUT2D eigenvalue weighted by atomic mass is 9.93. The van der Waals surface area contributed by atoms with Crippen LogP contribution in [0, 0.1) is 11.8 Å². The van der Waals surface area contributed by atoms with Crippen LogP contribution >= 0.6 is 0 Å². The van der Waals surface area contributed by atoms with Crippen LogP contribution in [0.2, 0.25) is 0 Å². The Hall–Kier alpha value is -3.77. The van der Waals surface area contributed by atoms with Crippen molar-refractivity contribution in [1.29, 1.82) is 0 Å². The minimum atomic E-state index is -0.375. The van der Waals surface area contributed by atoms with Crippen molar-refractivity contribution >= 4 is 16.9 Å². The van der Waals surface area contributed by atoms with E-state index in [1.807, 2.05) is 72.9 Å². The zero-order chi connectivity index (χ0) is 18.6. The number of hydrogen-bond donors (Lipinski definition) is 1. The molecule has 0 spiro atoms. The van der Waals surface area contributed by atoms with E-state index in [9.17, 15) is 4.79 Å². The second-order valence-corrected chi connectivity index (χ2v) is 6.12. The third kappa shape index (κ3) is 3.33. The average Bonchev–Trinajstić information content (AvgIpc) is 3.20. The van der Waals surface area contributed by atoms with Gasteiger partial charge in [-0.25, -0.2) is 4.79 Å². The summed E-state index contributed by atoms with van der Waals surface area (Å²) in [6.45, 7) is 0. The summed E-state index contributed by atoms with van der Waals surface area (Å²) in [7, 11) is 1.39. The number of ether oxygens (including phenoxy) is 1. The Labute approximate surface area is 157 Å². The van der Waals surface area contributed by atoms with Gasteiger partial charge < -0.3 is 9.72 Å². The number of nitrogens with one attached hydrogen (secondary N) is 1. The van der Waals surface area contributed by atoms with Gasteiger partial charge in [0, 0.05) is 28.4 Å². The van der Waals surface area contributed by atoms with Crippen molar-refractivity contribution < 1.29 is 9.53 Å². The van der Waals surface area contributed by atoms with Crippen LogP contribution in [0.25, 0.3) is 22.0 Å². The maximum Gasteiger partial charge on any atom is 0.338 e. The molecule has 0 aliphatic heterocycles. The van der Waals surface area contributed by atoms with Gasteiger partial charge in [-0.1, -0.05) is 48.2 Å². The monoisotopic (exact) mass is 351 g/mol. The molecule has 3 aromatic carbocycles. The number of benzene rings is 3. The normalized spacial score (nSPS) is 10.3. The van der Waals surface area contributed by atoms with Crippen molar-refractivity contribution in [3.8, 4) is 23.0 Å². The maximum atomic E-state index is 12.4. The third-order valence-electron chi connectivity index (χ3n) is 4.43. The van der Waals surface area contributed by atoms with Crippen molar-refractivity contribution in [1.82, 2.24) is 4.98 Å². The molecule has 3 nitrogen and oxygen atoms in total. The topological polar surface area (TPSA) is 42.1 Å². The number of carbonyl (C=O) groups excluding carboxylic acids is 1. The number of H-pyrrole nitrogens is 1. The molecule has 1 N–H and O–H groups in total. The lowest BCUT2D eigenvalue weighted by Crippen LogP contribution is -2.05. The van der Waals surface area contributed by atoms with E-state index >= 15 is 0 Å². The van der Waals surface area contributed by atoms with Crippen LogP contribution in [0.15, 0.2) is 79.0 Å². The highest BCUT2D eigenvalue weighted by atomic mass is 16.5. The van der Waals surface area contributed by atoms with Gasteiger partial charge in [0.2, 0.25) is 0 Å². The second kappa shape index (κ2) is 7.23. The maximum absolute atomic E-state index is 12.4. The molecule has 0 saturated heterocycles. The van der Waals surface area contributed by atoms with E-state index in [2.05, 4.69) is 16.8 Å². The molecular weight excluding hydrogens is 334 g/mol. The van der Waals surface area contributed by atoms with Crippen LogP contribution in [-0.4, -0.2) is 18.1 Å². The molecule has 0 radical (unpaired) electrons. The van der Waals surface area contributed by atoms with Crippen LogP contribution in [0.4, 0.5) is 0 Å². The Bertz CT molecular complexity index is 1180. The highest BCUT2D eigenvalue weighted by Crippen LogP contribution is 2.30. The molecule has 4 aromatic rings. The van der Waals surface area contributed by atoms with Gasteiger partial charge in [-0.2, -0.15) is 0 Å². The standard InChI is InChI=1S/C24H17NO2/c1-27-24(26)21-9-5-8-19(11-10-17-6-3-2-4-7-17)23(21)20-13-12-18-14-15-25-22(18)16-20/h2-9,12-16,25H,1H3.